The van der Waals surface area contributed by atoms with E-state index in [0.717, 1.165) is 0 Å². The van der Waals surface area contributed by atoms with E-state index >= 15 is 0 Å². The van der Waals surface area contributed by atoms with Crippen LogP contribution in [0.2, 0.25) is 0 Å². The van der Waals surface area contributed by atoms with E-state index in [1.54, 1.807) is 12.1 Å². The number of rotatable bonds is 3. The number of carbonyl (C=O) groups is 1. The SMILES string of the molecule is O=C(Cl)c1ccccc1N[SH](=O)=O.c1ccccc1. The summed E-state index contributed by atoms with van der Waals surface area (Å²) in [6, 6.07) is 18.1. The van der Waals surface area contributed by atoms with E-state index in [-0.39, 0.29) is 11.3 Å². The molecule has 4 nitrogen and oxygen atoms in total. The Morgan fingerprint density at radius 1 is 0.895 bits per heavy atom. The van der Waals surface area contributed by atoms with Crippen molar-refractivity contribution in [1.29, 1.82) is 0 Å². The van der Waals surface area contributed by atoms with Gasteiger partial charge < -0.3 is 0 Å². The smallest absolute Gasteiger partial charge is 0.254 e. The maximum absolute atomic E-state index is 10.8. The quantitative estimate of drug-likeness (QED) is 0.676. The van der Waals surface area contributed by atoms with E-state index in [4.69, 9.17) is 11.6 Å². The summed E-state index contributed by atoms with van der Waals surface area (Å²) in [5.41, 5.74) is 0.335. The van der Waals surface area contributed by atoms with E-state index in [2.05, 4.69) is 4.72 Å². The average Bonchev–Trinajstić information content (AvgIpc) is 2.41. The van der Waals surface area contributed by atoms with Gasteiger partial charge in [0.25, 0.3) is 5.24 Å². The molecular weight excluding hydrogens is 286 g/mol. The molecular formula is C13H12ClNO3S. The van der Waals surface area contributed by atoms with Crippen LogP contribution in [0.1, 0.15) is 10.4 Å². The van der Waals surface area contributed by atoms with E-state index in [1.165, 1.54) is 12.1 Å². The van der Waals surface area contributed by atoms with Gasteiger partial charge in [0.1, 0.15) is 0 Å². The number of hydrogen-bond donors (Lipinski definition) is 2. The first-order valence-corrected chi connectivity index (χ1v) is 6.86. The van der Waals surface area contributed by atoms with Crippen LogP contribution in [0, 0.1) is 0 Å². The summed E-state index contributed by atoms with van der Waals surface area (Å²) < 4.78 is 22.7. The lowest BCUT2D eigenvalue weighted by molar-refractivity contribution is 0.108. The highest BCUT2D eigenvalue weighted by molar-refractivity contribution is 7.73. The van der Waals surface area contributed by atoms with Gasteiger partial charge in [-0.3, -0.25) is 9.52 Å². The summed E-state index contributed by atoms with van der Waals surface area (Å²) in [4.78, 5) is 10.8. The minimum atomic E-state index is -2.78. The molecule has 0 bridgehead atoms. The molecule has 0 atom stereocenters. The van der Waals surface area contributed by atoms with Gasteiger partial charge in [-0.05, 0) is 23.7 Å². The molecule has 0 aromatic heterocycles. The summed E-state index contributed by atoms with van der Waals surface area (Å²) in [5.74, 6) is 0. The molecule has 1 N–H and O–H groups in total. The second kappa shape index (κ2) is 8.29. The largest absolute Gasteiger partial charge is 0.285 e. The van der Waals surface area contributed by atoms with Gasteiger partial charge in [-0.2, -0.15) is 0 Å². The van der Waals surface area contributed by atoms with Crippen molar-refractivity contribution in [2.24, 2.45) is 0 Å². The van der Waals surface area contributed by atoms with Gasteiger partial charge in [-0.1, -0.05) is 48.5 Å². The molecule has 0 aliphatic rings. The van der Waals surface area contributed by atoms with Gasteiger partial charge in [0.15, 0.2) is 0 Å². The zero-order valence-corrected chi connectivity index (χ0v) is 11.5. The van der Waals surface area contributed by atoms with Crippen LogP contribution < -0.4 is 4.72 Å². The first-order valence-electron chi connectivity index (χ1n) is 5.31. The van der Waals surface area contributed by atoms with E-state index < -0.39 is 16.1 Å². The Hall–Kier alpha value is -1.85. The molecule has 0 saturated heterocycles. The van der Waals surface area contributed by atoms with Crippen molar-refractivity contribution in [2.45, 2.75) is 0 Å². The Morgan fingerprint density at radius 2 is 1.37 bits per heavy atom. The molecule has 2 rings (SSSR count). The van der Waals surface area contributed by atoms with Gasteiger partial charge in [-0.25, -0.2) is 8.42 Å². The number of para-hydroxylation sites is 1. The molecule has 0 amide bonds. The third-order valence-corrected chi connectivity index (χ3v) is 2.64. The maximum atomic E-state index is 10.8. The van der Waals surface area contributed by atoms with Crippen molar-refractivity contribution in [3.63, 3.8) is 0 Å². The summed E-state index contributed by atoms with van der Waals surface area (Å²) in [6.45, 7) is 0. The Kier molecular flexibility index (Phi) is 6.63. The van der Waals surface area contributed by atoms with Gasteiger partial charge in [0.2, 0.25) is 10.9 Å². The lowest BCUT2D eigenvalue weighted by Gasteiger charge is -2.02. The van der Waals surface area contributed by atoms with Crippen molar-refractivity contribution in [3.8, 4) is 0 Å². The number of hydrogen-bond acceptors (Lipinski definition) is 3. The summed E-state index contributed by atoms with van der Waals surface area (Å²) >= 11 is 5.22. The molecule has 100 valence electrons. The number of carbonyl (C=O) groups excluding carboxylic acids is 1. The predicted molar refractivity (Wildman–Crippen MR) is 77.0 cm³/mol. The molecule has 0 fully saturated rings. The van der Waals surface area contributed by atoms with Crippen molar-refractivity contribution in [2.75, 3.05) is 4.72 Å². The summed E-state index contributed by atoms with van der Waals surface area (Å²) in [7, 11) is -2.78. The van der Waals surface area contributed by atoms with Crippen LogP contribution in [-0.2, 0) is 10.9 Å². The first kappa shape index (κ1) is 15.2. The van der Waals surface area contributed by atoms with Crippen molar-refractivity contribution < 1.29 is 13.2 Å². The van der Waals surface area contributed by atoms with Crippen LogP contribution in [-0.4, -0.2) is 13.7 Å². The Bertz CT molecular complexity index is 565. The van der Waals surface area contributed by atoms with Crippen LogP contribution in [0.3, 0.4) is 0 Å². The van der Waals surface area contributed by atoms with E-state index in [9.17, 15) is 13.2 Å². The molecule has 0 aliphatic carbocycles. The lowest BCUT2D eigenvalue weighted by atomic mass is 10.2. The Morgan fingerprint density at radius 3 is 1.79 bits per heavy atom. The summed E-state index contributed by atoms with van der Waals surface area (Å²) in [6.07, 6.45) is 0. The standard InChI is InChI=1S/C7H6ClNO3S.C6H6/c8-7(10)5-3-1-2-4-6(5)9-13(11)12;1-2-4-6-5-3-1/h1-4,13H,(H,9,11,12);1-6H. The average molecular weight is 298 g/mol. The fourth-order valence-electron chi connectivity index (χ4n) is 1.24. The number of benzene rings is 2. The highest BCUT2D eigenvalue weighted by Crippen LogP contribution is 2.16. The van der Waals surface area contributed by atoms with Gasteiger partial charge >= 0.3 is 0 Å². The molecule has 19 heavy (non-hydrogen) atoms. The molecule has 0 spiro atoms. The van der Waals surface area contributed by atoms with Crippen LogP contribution >= 0.6 is 11.6 Å². The van der Waals surface area contributed by atoms with Gasteiger partial charge in [0, 0.05) is 0 Å². The fourth-order valence-corrected chi connectivity index (χ4v) is 1.79. The highest BCUT2D eigenvalue weighted by atomic mass is 35.5. The molecule has 0 radical (unpaired) electrons. The zero-order chi connectivity index (χ0) is 14.1. The second-order valence-electron chi connectivity index (χ2n) is 3.34. The molecule has 0 aliphatic heterocycles. The minimum Gasteiger partial charge on any atom is -0.285 e. The molecule has 0 heterocycles. The van der Waals surface area contributed by atoms with Gasteiger partial charge in [-0.15, -0.1) is 0 Å². The molecule has 0 saturated carbocycles. The molecule has 0 unspecified atom stereocenters. The Labute approximate surface area is 118 Å². The number of anilines is 1. The van der Waals surface area contributed by atoms with Crippen LogP contribution in [0.25, 0.3) is 0 Å². The molecule has 2 aromatic rings. The monoisotopic (exact) mass is 297 g/mol. The fraction of sp³-hybridized carbons (Fsp3) is 0. The van der Waals surface area contributed by atoms with Crippen molar-refractivity contribution >= 4 is 33.4 Å². The highest BCUT2D eigenvalue weighted by Gasteiger charge is 2.07. The topological polar surface area (TPSA) is 63.2 Å². The van der Waals surface area contributed by atoms with E-state index in [1.807, 2.05) is 36.4 Å². The summed E-state index contributed by atoms with van der Waals surface area (Å²) in [5, 5.41) is -0.694. The van der Waals surface area contributed by atoms with E-state index in [0.29, 0.717) is 0 Å². The third kappa shape index (κ3) is 6.03. The number of halogens is 1. The third-order valence-electron chi connectivity index (χ3n) is 2.02. The van der Waals surface area contributed by atoms with Crippen LogP contribution in [0.5, 0.6) is 0 Å². The predicted octanol–water partition coefficient (Wildman–Crippen LogP) is 2.69. The van der Waals surface area contributed by atoms with Crippen molar-refractivity contribution in [3.05, 3.63) is 66.2 Å². The zero-order valence-electron chi connectivity index (χ0n) is 9.82. The van der Waals surface area contributed by atoms with Gasteiger partial charge in [0.05, 0.1) is 11.3 Å². The maximum Gasteiger partial charge on any atom is 0.254 e. The van der Waals surface area contributed by atoms with Crippen LogP contribution in [0.4, 0.5) is 5.69 Å². The lowest BCUT2D eigenvalue weighted by Crippen LogP contribution is -2.01. The van der Waals surface area contributed by atoms with Crippen molar-refractivity contribution in [1.82, 2.24) is 0 Å². The second-order valence-corrected chi connectivity index (χ2v) is 4.42. The normalized spacial score (nSPS) is 9.37. The Balaban J connectivity index is 0.000000250. The number of thiol groups is 1. The number of nitrogens with one attached hydrogen (secondary N) is 1. The van der Waals surface area contributed by atoms with Crippen LogP contribution in [0.15, 0.2) is 60.7 Å². The minimum absolute atomic E-state index is 0.142. The molecule has 2 aromatic carbocycles. The molecule has 6 heteroatoms. The first-order chi connectivity index (χ1) is 9.11.